The van der Waals surface area contributed by atoms with Gasteiger partial charge in [0.25, 0.3) is 0 Å². The van der Waals surface area contributed by atoms with Crippen molar-refractivity contribution in [3.63, 3.8) is 0 Å². The third-order valence-electron chi connectivity index (χ3n) is 12.6. The lowest BCUT2D eigenvalue weighted by Crippen LogP contribution is -2.24. The number of hydrogen-bond donors (Lipinski definition) is 0. The summed E-state index contributed by atoms with van der Waals surface area (Å²) in [6.07, 6.45) is 14.0. The summed E-state index contributed by atoms with van der Waals surface area (Å²) in [6.45, 7) is 0. The van der Waals surface area contributed by atoms with Gasteiger partial charge >= 0.3 is 0 Å². The van der Waals surface area contributed by atoms with E-state index in [0.717, 1.165) is 6.42 Å². The van der Waals surface area contributed by atoms with Crippen molar-refractivity contribution in [2.45, 2.75) is 126 Å². The van der Waals surface area contributed by atoms with Crippen molar-refractivity contribution in [2.24, 2.45) is 47.3 Å². The molecule has 0 amide bonds. The van der Waals surface area contributed by atoms with Crippen molar-refractivity contribution in [2.75, 3.05) is 0 Å². The van der Waals surface area contributed by atoms with E-state index in [1.165, 1.54) is 92.9 Å². The van der Waals surface area contributed by atoms with Gasteiger partial charge in [-0.15, -0.1) is 0 Å². The van der Waals surface area contributed by atoms with Gasteiger partial charge in [0, 0.05) is 5.48 Å². The van der Waals surface area contributed by atoms with E-state index in [4.69, 9.17) is 0 Å². The fourth-order valence-corrected chi connectivity index (χ4v) is 11.3. The van der Waals surface area contributed by atoms with E-state index in [1.54, 1.807) is 0 Å². The zero-order chi connectivity index (χ0) is 26.3. The Morgan fingerprint density at radius 1 is 0.500 bits per heavy atom. The molecule has 0 aromatic heterocycles. The SMILES string of the molecule is [2H]c1cc([C@H]2C([2H])[C@@H]3CC[C@H]2C3)c([C@H]2C([2H])[C@@H]3CC[C@H]2C3)c([C@H]2C([2H])[C@@H]3CC[C@H]2C3)c1[C@H]1C([2H])[C@@H]2CC[C@H]1C2. The van der Waals surface area contributed by atoms with Crippen molar-refractivity contribution < 1.29 is 6.85 Å². The highest BCUT2D eigenvalue weighted by Crippen LogP contribution is 2.64. The predicted octanol–water partition coefficient (Wildman–Crippen LogP) is 9.30. The van der Waals surface area contributed by atoms with E-state index in [9.17, 15) is 6.85 Å². The smallest absolute Gasteiger partial charge is 0.0582 e. The molecule has 0 radical (unpaired) electrons. The lowest BCUT2D eigenvalue weighted by Gasteiger charge is -2.38. The van der Waals surface area contributed by atoms with E-state index in [1.807, 2.05) is 0 Å². The van der Waals surface area contributed by atoms with Gasteiger partial charge in [0.1, 0.15) is 0 Å². The zero-order valence-corrected chi connectivity index (χ0v) is 20.8. The molecule has 0 N–H and O–H groups in total. The molecule has 0 heteroatoms. The predicted molar refractivity (Wildman–Crippen MR) is 139 cm³/mol. The van der Waals surface area contributed by atoms with Crippen LogP contribution in [0.5, 0.6) is 0 Å². The van der Waals surface area contributed by atoms with Crippen LogP contribution in [-0.2, 0) is 0 Å². The second-order valence-electron chi connectivity index (χ2n) is 14.2. The molecule has 0 nitrogen and oxygen atoms in total. The molecule has 1 aromatic carbocycles. The maximum absolute atomic E-state index is 9.68. The summed E-state index contributed by atoms with van der Waals surface area (Å²) in [4.78, 5) is 0. The molecule has 8 fully saturated rings. The van der Waals surface area contributed by atoms with Crippen molar-refractivity contribution in [1.82, 2.24) is 0 Å². The molecule has 1 aromatic rings. The molecule has 0 saturated heterocycles. The fourth-order valence-electron chi connectivity index (χ4n) is 11.3. The summed E-state index contributed by atoms with van der Waals surface area (Å²) >= 11 is 0. The Balaban J connectivity index is 1.31. The van der Waals surface area contributed by atoms with Crippen LogP contribution < -0.4 is 0 Å². The van der Waals surface area contributed by atoms with Gasteiger partial charge in [-0.2, -0.15) is 0 Å². The average Bonchev–Trinajstić information content (AvgIpc) is 3.76. The van der Waals surface area contributed by atoms with Crippen LogP contribution in [0.2, 0.25) is 0 Å². The third kappa shape index (κ3) is 2.84. The molecular weight excluding hydrogens is 408 g/mol. The highest BCUT2D eigenvalue weighted by atomic mass is 14.5. The van der Waals surface area contributed by atoms with Crippen LogP contribution in [0, 0.1) is 47.3 Å². The van der Waals surface area contributed by atoms with Crippen LogP contribution in [0.25, 0.3) is 0 Å². The van der Waals surface area contributed by atoms with Gasteiger partial charge in [0.15, 0.2) is 0 Å². The summed E-state index contributed by atoms with van der Waals surface area (Å²) in [6, 6.07) is 2.89. The lowest BCUT2D eigenvalue weighted by molar-refractivity contribution is 0.370. The van der Waals surface area contributed by atoms with Crippen LogP contribution >= 0.6 is 0 Å². The molecule has 182 valence electrons. The Kier molecular flexibility index (Phi) is 3.51. The van der Waals surface area contributed by atoms with Gasteiger partial charge in [-0.3, -0.25) is 0 Å². The first-order valence-electron chi connectivity index (χ1n) is 18.1. The second kappa shape index (κ2) is 7.38. The number of benzene rings is 1. The Morgan fingerprint density at radius 2 is 0.882 bits per heavy atom. The van der Waals surface area contributed by atoms with Gasteiger partial charge in [0.05, 0.1) is 1.37 Å². The summed E-state index contributed by atoms with van der Waals surface area (Å²) in [7, 11) is 0. The molecule has 16 atom stereocenters. The molecule has 0 heterocycles. The van der Waals surface area contributed by atoms with Crippen molar-refractivity contribution in [1.29, 1.82) is 0 Å². The fraction of sp³-hybridized carbons (Fsp3) is 0.824. The lowest BCUT2D eigenvalue weighted by atomic mass is 9.66. The summed E-state index contributed by atoms with van der Waals surface area (Å²) in [5.41, 5.74) is 5.29. The third-order valence-corrected chi connectivity index (χ3v) is 12.6. The molecule has 8 aliphatic carbocycles. The van der Waals surface area contributed by atoms with Gasteiger partial charge in [-0.05, 0) is 170 Å². The number of hydrogen-bond acceptors (Lipinski definition) is 0. The number of fused-ring (bicyclic) bond motifs is 8. The highest BCUT2D eigenvalue weighted by Gasteiger charge is 2.50. The standard InChI is InChI=1S/C34H46/c1-5-23-11-19(1)15-29(23)27-9-10-28(30-16-20-2-6-24(30)12-20)34(32-18-22-4-8-26(32)14-22)33(27)31-17-21-3-7-25(31)13-21/h9-10,19-26,29-32H,1-8,11-18H2/t19-,20-,21-,22-,23+,24+,25+,26+,29+,30+,31+,32+/m1/s1/i9D,15D,16D,17D,18D/t15?,16?,17?,18?,19-,20-,21-,22-,23+,24+,25+,26+,29+,30+,31+,32+. The molecular formula is C34H46. The minimum absolute atomic E-state index is 0.0666. The molecule has 0 spiro atoms. The zero-order valence-electron chi connectivity index (χ0n) is 25.8. The Labute approximate surface area is 215 Å². The second-order valence-corrected chi connectivity index (χ2v) is 14.2. The van der Waals surface area contributed by atoms with Crippen LogP contribution in [-0.4, -0.2) is 0 Å². The van der Waals surface area contributed by atoms with Crippen molar-refractivity contribution in [3.8, 4) is 0 Å². The maximum atomic E-state index is 9.68. The first-order chi connectivity index (χ1) is 18.9. The molecule has 9 rings (SSSR count). The van der Waals surface area contributed by atoms with Crippen molar-refractivity contribution in [3.05, 3.63) is 34.4 Å². The van der Waals surface area contributed by atoms with E-state index in [-0.39, 0.29) is 49.3 Å². The van der Waals surface area contributed by atoms with E-state index in [0.29, 0.717) is 53.4 Å². The minimum Gasteiger partial charge on any atom is -0.0582 e. The minimum atomic E-state index is -0.105. The van der Waals surface area contributed by atoms with Crippen LogP contribution in [0.1, 0.15) is 155 Å². The quantitative estimate of drug-likeness (QED) is 0.421. The van der Waals surface area contributed by atoms with Crippen LogP contribution in [0.3, 0.4) is 0 Å². The summed E-state index contributed by atoms with van der Waals surface area (Å²) in [5.74, 6) is 4.98. The Hall–Kier alpha value is -0.780. The van der Waals surface area contributed by atoms with E-state index < -0.39 is 0 Å². The maximum Gasteiger partial charge on any atom is 0.0626 e. The van der Waals surface area contributed by atoms with Gasteiger partial charge in [-0.25, -0.2) is 0 Å². The van der Waals surface area contributed by atoms with E-state index >= 15 is 0 Å². The first-order valence-corrected chi connectivity index (χ1v) is 15.3. The van der Waals surface area contributed by atoms with Crippen LogP contribution in [0.15, 0.2) is 12.1 Å². The summed E-state index contributed by atoms with van der Waals surface area (Å²) < 4.78 is 47.5. The molecule has 8 saturated carbocycles. The molecule has 8 bridgehead atoms. The Morgan fingerprint density at radius 3 is 1.29 bits per heavy atom. The Bertz CT molecular complexity index is 1170. The monoisotopic (exact) mass is 459 g/mol. The largest absolute Gasteiger partial charge is 0.0626 e. The number of rotatable bonds is 4. The normalized spacial score (nSPS) is 62.8. The average molecular weight is 460 g/mol. The highest BCUT2D eigenvalue weighted by molar-refractivity contribution is 5.51. The molecule has 34 heavy (non-hydrogen) atoms. The van der Waals surface area contributed by atoms with E-state index in [2.05, 4.69) is 6.07 Å². The molecule has 4 unspecified atom stereocenters. The van der Waals surface area contributed by atoms with Gasteiger partial charge in [0.2, 0.25) is 0 Å². The first kappa shape index (κ1) is 16.1. The van der Waals surface area contributed by atoms with Crippen molar-refractivity contribution >= 4 is 0 Å². The van der Waals surface area contributed by atoms with Gasteiger partial charge in [-0.1, -0.05) is 37.8 Å². The molecule has 0 aliphatic heterocycles. The summed E-state index contributed by atoms with van der Waals surface area (Å²) in [5, 5.41) is 0. The van der Waals surface area contributed by atoms with Gasteiger partial charge < -0.3 is 0 Å². The topological polar surface area (TPSA) is 0 Å². The molecule has 8 aliphatic rings. The van der Waals surface area contributed by atoms with Crippen LogP contribution in [0.4, 0.5) is 0 Å².